The van der Waals surface area contributed by atoms with E-state index in [0.29, 0.717) is 17.0 Å². The van der Waals surface area contributed by atoms with E-state index >= 15 is 0 Å². The highest BCUT2D eigenvalue weighted by Gasteiger charge is 2.16. The van der Waals surface area contributed by atoms with E-state index in [9.17, 15) is 13.2 Å². The molecule has 0 fully saturated rings. The van der Waals surface area contributed by atoms with Gasteiger partial charge in [-0.05, 0) is 60.9 Å². The van der Waals surface area contributed by atoms with Gasteiger partial charge in [0.15, 0.2) is 6.61 Å². The van der Waals surface area contributed by atoms with Crippen molar-refractivity contribution in [3.63, 3.8) is 0 Å². The van der Waals surface area contributed by atoms with Crippen LogP contribution in [0.4, 0.5) is 11.4 Å². The first-order chi connectivity index (χ1) is 14.4. The van der Waals surface area contributed by atoms with Crippen LogP contribution in [0.3, 0.4) is 0 Å². The number of para-hydroxylation sites is 2. The van der Waals surface area contributed by atoms with Gasteiger partial charge in [-0.2, -0.15) is 0 Å². The van der Waals surface area contributed by atoms with Crippen LogP contribution in [0, 0.1) is 6.92 Å². The standard InChI is InChI=1S/C23H24N2O4S/c1-3-18-9-7-8-12-21(18)24-23(26)16-29-22-14-13-20(15-17(22)2)30(27,28)25-19-10-5-4-6-11-19/h4-15,25H,3,16H2,1-2H3,(H,24,26). The monoisotopic (exact) mass is 424 g/mol. The second-order valence-electron chi connectivity index (χ2n) is 6.75. The van der Waals surface area contributed by atoms with Gasteiger partial charge in [-0.3, -0.25) is 9.52 Å². The Labute approximate surface area is 177 Å². The number of amides is 1. The van der Waals surface area contributed by atoms with Gasteiger partial charge >= 0.3 is 0 Å². The van der Waals surface area contributed by atoms with Crippen LogP contribution in [0.5, 0.6) is 5.75 Å². The summed E-state index contributed by atoms with van der Waals surface area (Å²) < 4.78 is 33.3. The molecule has 0 radical (unpaired) electrons. The lowest BCUT2D eigenvalue weighted by Crippen LogP contribution is -2.21. The molecule has 2 N–H and O–H groups in total. The second-order valence-corrected chi connectivity index (χ2v) is 8.43. The maximum Gasteiger partial charge on any atom is 0.262 e. The number of anilines is 2. The Morgan fingerprint density at radius 1 is 0.967 bits per heavy atom. The van der Waals surface area contributed by atoms with Gasteiger partial charge in [0.1, 0.15) is 5.75 Å². The van der Waals surface area contributed by atoms with Crippen LogP contribution in [0.1, 0.15) is 18.1 Å². The van der Waals surface area contributed by atoms with Gasteiger partial charge in [-0.15, -0.1) is 0 Å². The minimum Gasteiger partial charge on any atom is -0.483 e. The highest BCUT2D eigenvalue weighted by atomic mass is 32.2. The van der Waals surface area contributed by atoms with Crippen LogP contribution in [-0.2, 0) is 21.2 Å². The minimum atomic E-state index is -3.72. The number of carbonyl (C=O) groups is 1. The van der Waals surface area contributed by atoms with Crippen LogP contribution in [0.25, 0.3) is 0 Å². The smallest absolute Gasteiger partial charge is 0.262 e. The Hall–Kier alpha value is -3.32. The van der Waals surface area contributed by atoms with Crippen molar-refractivity contribution in [2.24, 2.45) is 0 Å². The highest BCUT2D eigenvalue weighted by Crippen LogP contribution is 2.24. The van der Waals surface area contributed by atoms with Gasteiger partial charge in [0, 0.05) is 11.4 Å². The second kappa shape index (κ2) is 9.45. The molecule has 0 aliphatic carbocycles. The highest BCUT2D eigenvalue weighted by molar-refractivity contribution is 7.92. The Balaban J connectivity index is 1.65. The summed E-state index contributed by atoms with van der Waals surface area (Å²) in [6, 6.07) is 20.8. The summed E-state index contributed by atoms with van der Waals surface area (Å²) in [5.74, 6) is 0.172. The summed E-state index contributed by atoms with van der Waals surface area (Å²) in [4.78, 5) is 12.4. The molecule has 7 heteroatoms. The van der Waals surface area contributed by atoms with Gasteiger partial charge in [0.25, 0.3) is 15.9 Å². The maximum atomic E-state index is 12.6. The SMILES string of the molecule is CCc1ccccc1NC(=O)COc1ccc(S(=O)(=O)Nc2ccccc2)cc1C. The first kappa shape index (κ1) is 21.4. The number of hydrogen-bond acceptors (Lipinski definition) is 4. The van der Waals surface area contributed by atoms with Gasteiger partial charge in [0.2, 0.25) is 0 Å². The van der Waals surface area contributed by atoms with Crippen molar-refractivity contribution in [3.05, 3.63) is 83.9 Å². The first-order valence-electron chi connectivity index (χ1n) is 9.58. The molecule has 156 valence electrons. The summed E-state index contributed by atoms with van der Waals surface area (Å²) in [5.41, 5.74) is 2.91. The van der Waals surface area contributed by atoms with E-state index in [1.807, 2.05) is 37.3 Å². The molecule has 0 spiro atoms. The lowest BCUT2D eigenvalue weighted by Gasteiger charge is -2.13. The number of nitrogens with one attached hydrogen (secondary N) is 2. The van der Waals surface area contributed by atoms with Crippen molar-refractivity contribution in [1.29, 1.82) is 0 Å². The van der Waals surface area contributed by atoms with Crippen molar-refractivity contribution in [2.75, 3.05) is 16.6 Å². The molecule has 3 aromatic rings. The number of ether oxygens (including phenoxy) is 1. The maximum absolute atomic E-state index is 12.6. The molecular weight excluding hydrogens is 400 g/mol. The molecule has 0 saturated carbocycles. The third-order valence-electron chi connectivity index (χ3n) is 4.51. The van der Waals surface area contributed by atoms with Crippen molar-refractivity contribution in [3.8, 4) is 5.75 Å². The molecule has 3 aromatic carbocycles. The van der Waals surface area contributed by atoms with E-state index in [-0.39, 0.29) is 17.4 Å². The largest absolute Gasteiger partial charge is 0.483 e. The molecule has 30 heavy (non-hydrogen) atoms. The summed E-state index contributed by atoms with van der Waals surface area (Å²) in [6.45, 7) is 3.58. The molecule has 3 rings (SSSR count). The third kappa shape index (κ3) is 5.39. The summed E-state index contributed by atoms with van der Waals surface area (Å²) in [5, 5.41) is 2.84. The molecule has 0 aromatic heterocycles. The number of rotatable bonds is 8. The number of benzene rings is 3. The average Bonchev–Trinajstić information content (AvgIpc) is 2.73. The topological polar surface area (TPSA) is 84.5 Å². The summed E-state index contributed by atoms with van der Waals surface area (Å²) >= 11 is 0. The predicted octanol–water partition coefficient (Wildman–Crippen LogP) is 4.38. The van der Waals surface area contributed by atoms with Crippen molar-refractivity contribution in [2.45, 2.75) is 25.2 Å². The van der Waals surface area contributed by atoms with Crippen LogP contribution >= 0.6 is 0 Å². The third-order valence-corrected chi connectivity index (χ3v) is 5.89. The Bertz CT molecular complexity index is 1130. The Morgan fingerprint density at radius 2 is 1.67 bits per heavy atom. The number of hydrogen-bond donors (Lipinski definition) is 2. The first-order valence-corrected chi connectivity index (χ1v) is 11.1. The fourth-order valence-electron chi connectivity index (χ4n) is 2.95. The predicted molar refractivity (Wildman–Crippen MR) is 118 cm³/mol. The molecule has 0 aliphatic rings. The van der Waals surface area contributed by atoms with Crippen LogP contribution in [0.15, 0.2) is 77.7 Å². The van der Waals surface area contributed by atoms with E-state index in [1.165, 1.54) is 12.1 Å². The van der Waals surface area contributed by atoms with Crippen LogP contribution < -0.4 is 14.8 Å². The van der Waals surface area contributed by atoms with E-state index in [2.05, 4.69) is 10.0 Å². The van der Waals surface area contributed by atoms with E-state index in [4.69, 9.17) is 4.74 Å². The zero-order valence-electron chi connectivity index (χ0n) is 16.9. The molecule has 6 nitrogen and oxygen atoms in total. The van der Waals surface area contributed by atoms with E-state index in [1.54, 1.807) is 37.3 Å². The Kier molecular flexibility index (Phi) is 6.74. The van der Waals surface area contributed by atoms with E-state index in [0.717, 1.165) is 17.7 Å². The fraction of sp³-hybridized carbons (Fsp3) is 0.174. The molecule has 0 unspecified atom stereocenters. The van der Waals surface area contributed by atoms with Crippen molar-refractivity contribution < 1.29 is 17.9 Å². The molecule has 1 amide bonds. The molecular formula is C23H24N2O4S. The van der Waals surface area contributed by atoms with Crippen molar-refractivity contribution >= 4 is 27.3 Å². The molecule has 0 saturated heterocycles. The normalized spacial score (nSPS) is 11.0. The fourth-order valence-corrected chi connectivity index (χ4v) is 4.09. The number of aryl methyl sites for hydroxylation is 2. The molecule has 0 bridgehead atoms. The van der Waals surface area contributed by atoms with Crippen LogP contribution in [0.2, 0.25) is 0 Å². The summed E-state index contributed by atoms with van der Waals surface area (Å²) in [6.07, 6.45) is 0.809. The van der Waals surface area contributed by atoms with Gasteiger partial charge in [0.05, 0.1) is 4.90 Å². The lowest BCUT2D eigenvalue weighted by molar-refractivity contribution is -0.118. The number of carbonyl (C=O) groups excluding carboxylic acids is 1. The van der Waals surface area contributed by atoms with Gasteiger partial charge in [-0.25, -0.2) is 8.42 Å². The average molecular weight is 425 g/mol. The summed E-state index contributed by atoms with van der Waals surface area (Å²) in [7, 11) is -3.72. The minimum absolute atomic E-state index is 0.123. The van der Waals surface area contributed by atoms with Crippen LogP contribution in [-0.4, -0.2) is 20.9 Å². The molecule has 0 aliphatic heterocycles. The van der Waals surface area contributed by atoms with Gasteiger partial charge < -0.3 is 10.1 Å². The van der Waals surface area contributed by atoms with Crippen molar-refractivity contribution in [1.82, 2.24) is 0 Å². The Morgan fingerprint density at radius 3 is 2.37 bits per heavy atom. The van der Waals surface area contributed by atoms with E-state index < -0.39 is 10.0 Å². The molecule has 0 atom stereocenters. The lowest BCUT2D eigenvalue weighted by atomic mass is 10.1. The quantitative estimate of drug-likeness (QED) is 0.562. The molecule has 0 heterocycles. The zero-order chi connectivity index (χ0) is 21.6. The number of sulfonamides is 1. The zero-order valence-corrected chi connectivity index (χ0v) is 17.7. The van der Waals surface area contributed by atoms with Gasteiger partial charge in [-0.1, -0.05) is 43.3 Å².